The summed E-state index contributed by atoms with van der Waals surface area (Å²) in [5.74, 6) is -0.639. The molecule has 0 aromatic rings. The Labute approximate surface area is 70.4 Å². The van der Waals surface area contributed by atoms with Crippen LogP contribution in [0, 0.1) is 0 Å². The van der Waals surface area contributed by atoms with E-state index in [0.29, 0.717) is 0 Å². The Hall–Kier alpha value is -1.30. The molecule has 0 aliphatic carbocycles. The normalized spacial score (nSPS) is 9.58. The molecule has 70 valence electrons. The minimum Gasteiger partial charge on any atom is -0.368 e. The van der Waals surface area contributed by atoms with Gasteiger partial charge < -0.3 is 11.1 Å². The van der Waals surface area contributed by atoms with Crippen LogP contribution in [0.2, 0.25) is 0 Å². The van der Waals surface area contributed by atoms with Crippen LogP contribution in [0.3, 0.4) is 0 Å². The van der Waals surface area contributed by atoms with E-state index in [1.165, 1.54) is 0 Å². The lowest BCUT2D eigenvalue weighted by atomic mass is 10.4. The van der Waals surface area contributed by atoms with Gasteiger partial charge in [0.25, 0.3) is 0 Å². The Kier molecular flexibility index (Phi) is 4.78. The first-order chi connectivity index (χ1) is 5.52. The van der Waals surface area contributed by atoms with E-state index in [1.807, 2.05) is 5.48 Å². The molecule has 0 unspecified atom stereocenters. The van der Waals surface area contributed by atoms with Crippen LogP contribution in [-0.4, -0.2) is 24.6 Å². The molecule has 4 N–H and O–H groups in total. The number of carbonyl (C=O) groups excluding carboxylic acids is 2. The van der Waals surface area contributed by atoms with Crippen molar-refractivity contribution in [3.05, 3.63) is 0 Å². The minimum absolute atomic E-state index is 0.0159. The fraction of sp³-hybridized carbons (Fsp3) is 0.667. The van der Waals surface area contributed by atoms with E-state index >= 15 is 0 Å². The van der Waals surface area contributed by atoms with Gasteiger partial charge in [0.15, 0.2) is 6.61 Å². The minimum atomic E-state index is -0.639. The predicted octanol–water partition coefficient (Wildman–Crippen LogP) is -0.889. The molecule has 6 nitrogen and oxygen atoms in total. The van der Waals surface area contributed by atoms with Crippen molar-refractivity contribution in [2.24, 2.45) is 5.73 Å². The van der Waals surface area contributed by atoms with Gasteiger partial charge in [0.1, 0.15) is 0 Å². The predicted molar refractivity (Wildman–Crippen MR) is 41.9 cm³/mol. The largest absolute Gasteiger partial charge is 0.368 e. The summed E-state index contributed by atoms with van der Waals surface area (Å²) in [7, 11) is 0. The molecule has 0 heterocycles. The van der Waals surface area contributed by atoms with E-state index in [4.69, 9.17) is 5.73 Å². The van der Waals surface area contributed by atoms with Crippen LogP contribution in [0.5, 0.6) is 0 Å². The zero-order valence-corrected chi connectivity index (χ0v) is 7.09. The molecule has 0 atom stereocenters. The molecule has 0 fully saturated rings. The Morgan fingerprint density at radius 2 is 2.08 bits per heavy atom. The number of urea groups is 1. The van der Waals surface area contributed by atoms with E-state index in [0.717, 1.165) is 0 Å². The van der Waals surface area contributed by atoms with Crippen LogP contribution < -0.4 is 16.5 Å². The first kappa shape index (κ1) is 10.7. The third-order valence-corrected chi connectivity index (χ3v) is 0.799. The highest BCUT2D eigenvalue weighted by molar-refractivity contribution is 5.76. The van der Waals surface area contributed by atoms with Crippen LogP contribution in [0.1, 0.15) is 13.8 Å². The molecule has 3 amide bonds. The molecule has 0 saturated carbocycles. The highest BCUT2D eigenvalue weighted by atomic mass is 16.7. The van der Waals surface area contributed by atoms with Gasteiger partial charge in [-0.1, -0.05) is 0 Å². The molecule has 0 aliphatic rings. The molecule has 0 aromatic carbocycles. The third-order valence-electron chi connectivity index (χ3n) is 0.799. The van der Waals surface area contributed by atoms with E-state index in [1.54, 1.807) is 13.8 Å². The second kappa shape index (κ2) is 5.36. The Morgan fingerprint density at radius 1 is 1.50 bits per heavy atom. The Bertz CT molecular complexity index is 169. The van der Waals surface area contributed by atoms with Crippen molar-refractivity contribution < 1.29 is 14.4 Å². The second-order valence-electron chi connectivity index (χ2n) is 2.49. The molecule has 12 heavy (non-hydrogen) atoms. The summed E-state index contributed by atoms with van der Waals surface area (Å²) in [5.41, 5.74) is 6.74. The summed E-state index contributed by atoms with van der Waals surface area (Å²) in [6.45, 7) is 3.27. The van der Waals surface area contributed by atoms with Gasteiger partial charge in [-0.05, 0) is 13.8 Å². The number of nitrogens with two attached hydrogens (primary N) is 1. The number of primary amides is 1. The lowest BCUT2D eigenvalue weighted by Gasteiger charge is -2.08. The zero-order chi connectivity index (χ0) is 9.56. The first-order valence-electron chi connectivity index (χ1n) is 3.49. The zero-order valence-electron chi connectivity index (χ0n) is 7.09. The van der Waals surface area contributed by atoms with E-state index < -0.39 is 11.9 Å². The standard InChI is InChI=1S/C6H13N3O3/c1-4(2)8-6(11)9-12-3-5(7)10/h4H,3H2,1-2H3,(H2,7,10)(H2,8,9,11). The number of rotatable bonds is 4. The molecule has 0 aromatic heterocycles. The summed E-state index contributed by atoms with van der Waals surface area (Å²) in [5, 5.41) is 2.49. The quantitative estimate of drug-likeness (QED) is 0.484. The fourth-order valence-corrected chi connectivity index (χ4v) is 0.464. The highest BCUT2D eigenvalue weighted by Crippen LogP contribution is 1.76. The molecule has 0 spiro atoms. The van der Waals surface area contributed by atoms with Crippen molar-refractivity contribution >= 4 is 11.9 Å². The van der Waals surface area contributed by atoms with Gasteiger partial charge in [0.2, 0.25) is 5.91 Å². The van der Waals surface area contributed by atoms with Crippen LogP contribution in [0.4, 0.5) is 4.79 Å². The number of carbonyl (C=O) groups is 2. The average molecular weight is 175 g/mol. The van der Waals surface area contributed by atoms with Crippen molar-refractivity contribution in [3.63, 3.8) is 0 Å². The summed E-state index contributed by atoms with van der Waals surface area (Å²) < 4.78 is 0. The smallest absolute Gasteiger partial charge is 0.338 e. The SMILES string of the molecule is CC(C)NC(=O)NOCC(N)=O. The number of nitrogens with one attached hydrogen (secondary N) is 2. The molecular weight excluding hydrogens is 162 g/mol. The topological polar surface area (TPSA) is 93.4 Å². The third kappa shape index (κ3) is 6.81. The van der Waals surface area contributed by atoms with Crippen LogP contribution in [0.25, 0.3) is 0 Å². The number of hydrogen-bond donors (Lipinski definition) is 3. The monoisotopic (exact) mass is 175 g/mol. The average Bonchev–Trinajstić information content (AvgIpc) is 1.84. The Morgan fingerprint density at radius 3 is 2.50 bits per heavy atom. The van der Waals surface area contributed by atoms with Crippen LogP contribution >= 0.6 is 0 Å². The van der Waals surface area contributed by atoms with Crippen molar-refractivity contribution in [2.45, 2.75) is 19.9 Å². The summed E-state index contributed by atoms with van der Waals surface area (Å²) in [6.07, 6.45) is 0. The van der Waals surface area contributed by atoms with Crippen molar-refractivity contribution in [2.75, 3.05) is 6.61 Å². The van der Waals surface area contributed by atoms with Gasteiger partial charge in [-0.3, -0.25) is 9.63 Å². The van der Waals surface area contributed by atoms with E-state index in [-0.39, 0.29) is 12.6 Å². The molecule has 0 bridgehead atoms. The number of hydrogen-bond acceptors (Lipinski definition) is 3. The van der Waals surface area contributed by atoms with Crippen LogP contribution in [0.15, 0.2) is 0 Å². The van der Waals surface area contributed by atoms with Gasteiger partial charge in [-0.25, -0.2) is 10.3 Å². The van der Waals surface area contributed by atoms with Crippen molar-refractivity contribution in [1.29, 1.82) is 0 Å². The molecular formula is C6H13N3O3. The summed E-state index contributed by atoms with van der Waals surface area (Å²) in [4.78, 5) is 25.3. The van der Waals surface area contributed by atoms with Gasteiger partial charge in [0, 0.05) is 6.04 Å². The van der Waals surface area contributed by atoms with E-state index in [2.05, 4.69) is 10.2 Å². The fourth-order valence-electron chi connectivity index (χ4n) is 0.464. The number of amides is 3. The molecule has 0 rings (SSSR count). The van der Waals surface area contributed by atoms with Crippen molar-refractivity contribution in [3.8, 4) is 0 Å². The number of hydroxylamine groups is 1. The molecule has 0 aliphatic heterocycles. The van der Waals surface area contributed by atoms with Gasteiger partial charge in [0.05, 0.1) is 0 Å². The van der Waals surface area contributed by atoms with E-state index in [9.17, 15) is 9.59 Å². The highest BCUT2D eigenvalue weighted by Gasteiger charge is 2.01. The van der Waals surface area contributed by atoms with Crippen molar-refractivity contribution in [1.82, 2.24) is 10.8 Å². The Balaban J connectivity index is 3.38. The lowest BCUT2D eigenvalue weighted by molar-refractivity contribution is -0.124. The van der Waals surface area contributed by atoms with Gasteiger partial charge in [-0.15, -0.1) is 0 Å². The summed E-state index contributed by atoms with van der Waals surface area (Å²) in [6, 6.07) is -0.478. The maximum Gasteiger partial charge on any atom is 0.338 e. The lowest BCUT2D eigenvalue weighted by Crippen LogP contribution is -2.40. The van der Waals surface area contributed by atoms with Gasteiger partial charge in [-0.2, -0.15) is 0 Å². The van der Waals surface area contributed by atoms with Crippen LogP contribution in [-0.2, 0) is 9.63 Å². The second-order valence-corrected chi connectivity index (χ2v) is 2.49. The first-order valence-corrected chi connectivity index (χ1v) is 3.49. The van der Waals surface area contributed by atoms with Gasteiger partial charge >= 0.3 is 6.03 Å². The molecule has 0 saturated heterocycles. The summed E-state index contributed by atoms with van der Waals surface area (Å²) >= 11 is 0. The maximum atomic E-state index is 10.7. The maximum absolute atomic E-state index is 10.7. The molecule has 0 radical (unpaired) electrons. The molecule has 6 heteroatoms.